The van der Waals surface area contributed by atoms with Crippen LogP contribution in [0.3, 0.4) is 0 Å². The zero-order valence-electron chi connectivity index (χ0n) is 16.9. The number of nitrogens with one attached hydrogen (secondary N) is 2. The molecule has 4 heterocycles. The second-order valence-electron chi connectivity index (χ2n) is 8.94. The number of aromatic nitrogens is 5. The summed E-state index contributed by atoms with van der Waals surface area (Å²) in [5.74, 6) is 3.38. The lowest BCUT2D eigenvalue weighted by Crippen LogP contribution is -2.40. The third-order valence-electron chi connectivity index (χ3n) is 7.00. The minimum absolute atomic E-state index is 0.528. The van der Waals surface area contributed by atoms with E-state index in [9.17, 15) is 0 Å². The van der Waals surface area contributed by atoms with Gasteiger partial charge in [-0.3, -0.25) is 0 Å². The highest BCUT2D eigenvalue weighted by Crippen LogP contribution is 2.43. The molecule has 0 spiro atoms. The third-order valence-corrected chi connectivity index (χ3v) is 7.00. The van der Waals surface area contributed by atoms with Gasteiger partial charge in [-0.1, -0.05) is 12.8 Å². The van der Waals surface area contributed by atoms with Crippen LogP contribution in [0.2, 0.25) is 0 Å². The van der Waals surface area contributed by atoms with Crippen LogP contribution >= 0.6 is 0 Å². The molecule has 6 nitrogen and oxygen atoms in total. The maximum atomic E-state index is 5.03. The topological polar surface area (TPSA) is 71.4 Å². The molecule has 4 aromatic rings. The Morgan fingerprint density at radius 3 is 2.79 bits per heavy atom. The summed E-state index contributed by atoms with van der Waals surface area (Å²) in [7, 11) is 2.05. The van der Waals surface area contributed by atoms with Crippen LogP contribution in [0.25, 0.3) is 33.5 Å². The SMILES string of the molecule is Cc1cnc2[nH]cc(-c3nc(N[C@@H]4CC5CCC4CC5)c4ccn(C)c4n3)c2c1. The van der Waals surface area contributed by atoms with E-state index in [1.54, 1.807) is 0 Å². The first kappa shape index (κ1) is 17.0. The number of anilines is 1. The molecular weight excluding hydrogens is 360 g/mol. The second-order valence-corrected chi connectivity index (χ2v) is 8.94. The highest BCUT2D eigenvalue weighted by atomic mass is 15.1. The van der Waals surface area contributed by atoms with Crippen molar-refractivity contribution in [3.63, 3.8) is 0 Å². The quantitative estimate of drug-likeness (QED) is 0.530. The monoisotopic (exact) mass is 386 g/mol. The van der Waals surface area contributed by atoms with Gasteiger partial charge in [0.1, 0.15) is 17.1 Å². The number of aryl methyl sites for hydroxylation is 2. The molecule has 2 bridgehead atoms. The number of H-pyrrole nitrogens is 1. The van der Waals surface area contributed by atoms with Crippen LogP contribution in [-0.4, -0.2) is 30.5 Å². The summed E-state index contributed by atoms with van der Waals surface area (Å²) in [6, 6.07) is 4.81. The minimum atomic E-state index is 0.528. The van der Waals surface area contributed by atoms with Crippen LogP contribution in [0.15, 0.2) is 30.7 Å². The lowest BCUT2D eigenvalue weighted by molar-refractivity contribution is 0.157. The Hall–Kier alpha value is -2.89. The van der Waals surface area contributed by atoms with Gasteiger partial charge in [0.05, 0.1) is 5.39 Å². The zero-order valence-corrected chi connectivity index (χ0v) is 16.9. The average Bonchev–Trinajstić information content (AvgIpc) is 3.32. The van der Waals surface area contributed by atoms with Crippen molar-refractivity contribution in [3.8, 4) is 11.4 Å². The van der Waals surface area contributed by atoms with Crippen molar-refractivity contribution >= 4 is 27.9 Å². The van der Waals surface area contributed by atoms with Crippen molar-refractivity contribution < 1.29 is 0 Å². The van der Waals surface area contributed by atoms with Gasteiger partial charge in [-0.25, -0.2) is 15.0 Å². The Kier molecular flexibility index (Phi) is 3.70. The average molecular weight is 387 g/mol. The summed E-state index contributed by atoms with van der Waals surface area (Å²) in [6.45, 7) is 2.07. The summed E-state index contributed by atoms with van der Waals surface area (Å²) >= 11 is 0. The minimum Gasteiger partial charge on any atom is -0.366 e. The van der Waals surface area contributed by atoms with E-state index in [1.807, 2.05) is 19.4 Å². The number of fused-ring (bicyclic) bond motifs is 5. The van der Waals surface area contributed by atoms with Gasteiger partial charge in [-0.2, -0.15) is 0 Å². The van der Waals surface area contributed by atoms with E-state index in [0.717, 1.165) is 56.7 Å². The molecule has 0 unspecified atom stereocenters. The maximum Gasteiger partial charge on any atom is 0.166 e. The standard InChI is InChI=1S/C23H26N6/c1-13-9-17-18(12-25-20(17)24-11-13)22-27-21(16-7-8-29(2)23(16)28-22)26-19-10-14-3-5-15(19)6-4-14/h7-9,11-12,14-15,19H,3-6,10H2,1-2H3,(H,24,25)(H,26,27,28)/t14?,15?,19-/m1/s1. The fourth-order valence-corrected chi connectivity index (χ4v) is 5.39. The number of pyridine rings is 1. The molecule has 1 atom stereocenters. The van der Waals surface area contributed by atoms with E-state index in [1.165, 1.54) is 32.1 Å². The van der Waals surface area contributed by atoms with Crippen LogP contribution in [0, 0.1) is 18.8 Å². The van der Waals surface area contributed by atoms with E-state index in [2.05, 4.69) is 45.1 Å². The first-order valence-electron chi connectivity index (χ1n) is 10.7. The van der Waals surface area contributed by atoms with Gasteiger partial charge in [0.2, 0.25) is 0 Å². The molecular formula is C23H26N6. The van der Waals surface area contributed by atoms with Gasteiger partial charge in [-0.15, -0.1) is 0 Å². The lowest BCUT2D eigenvalue weighted by Gasteiger charge is -2.42. The number of aromatic amines is 1. The number of rotatable bonds is 3. The van der Waals surface area contributed by atoms with E-state index >= 15 is 0 Å². The number of nitrogens with zero attached hydrogens (tertiary/aromatic N) is 4. The summed E-state index contributed by atoms with van der Waals surface area (Å²) in [5, 5.41) is 6.01. The van der Waals surface area contributed by atoms with Crippen molar-refractivity contribution in [2.24, 2.45) is 18.9 Å². The molecule has 0 aromatic carbocycles. The Balaban J connectivity index is 1.48. The third kappa shape index (κ3) is 2.73. The normalized spacial score (nSPS) is 23.9. The highest BCUT2D eigenvalue weighted by molar-refractivity contribution is 5.95. The van der Waals surface area contributed by atoms with Gasteiger partial charge in [-0.05, 0) is 55.7 Å². The largest absolute Gasteiger partial charge is 0.366 e. The Morgan fingerprint density at radius 1 is 1.14 bits per heavy atom. The molecule has 6 heteroatoms. The molecule has 7 rings (SSSR count). The van der Waals surface area contributed by atoms with E-state index in [-0.39, 0.29) is 0 Å². The Labute approximate surface area is 169 Å². The fourth-order valence-electron chi connectivity index (χ4n) is 5.39. The summed E-state index contributed by atoms with van der Waals surface area (Å²) in [5.41, 5.74) is 3.98. The van der Waals surface area contributed by atoms with Crippen molar-refractivity contribution in [2.75, 3.05) is 5.32 Å². The van der Waals surface area contributed by atoms with Crippen molar-refractivity contribution in [1.82, 2.24) is 24.5 Å². The van der Waals surface area contributed by atoms with Crippen molar-refractivity contribution in [1.29, 1.82) is 0 Å². The molecule has 0 saturated heterocycles. The molecule has 4 aromatic heterocycles. The first-order valence-corrected chi connectivity index (χ1v) is 10.7. The smallest absolute Gasteiger partial charge is 0.166 e. The maximum absolute atomic E-state index is 5.03. The first-order chi connectivity index (χ1) is 14.2. The van der Waals surface area contributed by atoms with Gasteiger partial charge >= 0.3 is 0 Å². The van der Waals surface area contributed by atoms with Crippen LogP contribution < -0.4 is 5.32 Å². The van der Waals surface area contributed by atoms with Crippen LogP contribution in [-0.2, 0) is 7.05 Å². The Morgan fingerprint density at radius 2 is 2.00 bits per heavy atom. The molecule has 148 valence electrons. The fraction of sp³-hybridized carbons (Fsp3) is 0.435. The molecule has 0 radical (unpaired) electrons. The van der Waals surface area contributed by atoms with Crippen molar-refractivity contribution in [3.05, 3.63) is 36.3 Å². The van der Waals surface area contributed by atoms with E-state index < -0.39 is 0 Å². The van der Waals surface area contributed by atoms with Crippen LogP contribution in [0.4, 0.5) is 5.82 Å². The van der Waals surface area contributed by atoms with Crippen LogP contribution in [0.1, 0.15) is 37.7 Å². The van der Waals surface area contributed by atoms with Gasteiger partial charge < -0.3 is 14.9 Å². The van der Waals surface area contributed by atoms with Crippen molar-refractivity contribution in [2.45, 2.75) is 45.1 Å². The summed E-state index contributed by atoms with van der Waals surface area (Å²) < 4.78 is 2.08. The predicted molar refractivity (Wildman–Crippen MR) is 116 cm³/mol. The predicted octanol–water partition coefficient (Wildman–Crippen LogP) is 4.81. The lowest BCUT2D eigenvalue weighted by atomic mass is 9.68. The molecule has 0 aliphatic heterocycles. The summed E-state index contributed by atoms with van der Waals surface area (Å²) in [4.78, 5) is 17.7. The zero-order chi connectivity index (χ0) is 19.5. The second kappa shape index (κ2) is 6.31. The summed E-state index contributed by atoms with van der Waals surface area (Å²) in [6.07, 6.45) is 12.7. The molecule has 3 fully saturated rings. The van der Waals surface area contributed by atoms with Crippen LogP contribution in [0.5, 0.6) is 0 Å². The Bertz CT molecular complexity index is 1210. The molecule has 3 saturated carbocycles. The number of hydrogen-bond acceptors (Lipinski definition) is 4. The van der Waals surface area contributed by atoms with E-state index in [0.29, 0.717) is 6.04 Å². The van der Waals surface area contributed by atoms with Gasteiger partial charge in [0.15, 0.2) is 5.82 Å². The van der Waals surface area contributed by atoms with Gasteiger partial charge in [0.25, 0.3) is 0 Å². The highest BCUT2D eigenvalue weighted by Gasteiger charge is 2.36. The van der Waals surface area contributed by atoms with Gasteiger partial charge in [0, 0.05) is 42.6 Å². The molecule has 29 heavy (non-hydrogen) atoms. The molecule has 3 aliphatic rings. The van der Waals surface area contributed by atoms with E-state index in [4.69, 9.17) is 9.97 Å². The molecule has 3 aliphatic carbocycles. The molecule has 0 amide bonds. The molecule has 2 N–H and O–H groups in total. The number of hydrogen-bond donors (Lipinski definition) is 2.